The van der Waals surface area contributed by atoms with Crippen molar-refractivity contribution in [3.63, 3.8) is 0 Å². The number of para-hydroxylation sites is 1. The summed E-state index contributed by atoms with van der Waals surface area (Å²) in [7, 11) is 0. The largest absolute Gasteiger partial charge is 0.368 e. The number of amides is 1. The van der Waals surface area contributed by atoms with Crippen LogP contribution in [0.4, 0.5) is 17.6 Å². The normalized spacial score (nSPS) is 11.8. The molecule has 7 nitrogen and oxygen atoms in total. The Hall–Kier alpha value is -2.35. The van der Waals surface area contributed by atoms with E-state index in [4.69, 9.17) is 5.73 Å². The fourth-order valence-corrected chi connectivity index (χ4v) is 2.64. The molecule has 2 rings (SSSR count). The molecule has 1 aromatic heterocycles. The van der Waals surface area contributed by atoms with E-state index in [9.17, 15) is 4.79 Å². The van der Waals surface area contributed by atoms with Gasteiger partial charge in [0.1, 0.15) is 5.82 Å². The van der Waals surface area contributed by atoms with Gasteiger partial charge in [-0.2, -0.15) is 15.0 Å². The van der Waals surface area contributed by atoms with E-state index < -0.39 is 0 Å². The van der Waals surface area contributed by atoms with Crippen molar-refractivity contribution in [2.45, 2.75) is 31.3 Å². The van der Waals surface area contributed by atoms with Crippen LogP contribution in [0.25, 0.3) is 0 Å². The van der Waals surface area contributed by atoms with Crippen LogP contribution in [-0.4, -0.2) is 32.7 Å². The summed E-state index contributed by atoms with van der Waals surface area (Å²) in [5.74, 6) is 1.60. The number of aromatic nitrogens is 3. The van der Waals surface area contributed by atoms with E-state index in [0.29, 0.717) is 24.1 Å². The molecule has 0 aliphatic carbocycles. The summed E-state index contributed by atoms with van der Waals surface area (Å²) in [5.41, 5.74) is 6.62. The van der Waals surface area contributed by atoms with Crippen LogP contribution in [0.3, 0.4) is 0 Å². The molecule has 0 spiro atoms. The van der Waals surface area contributed by atoms with Gasteiger partial charge in [0.15, 0.2) is 0 Å². The summed E-state index contributed by atoms with van der Waals surface area (Å²) >= 11 is 1.46. The summed E-state index contributed by atoms with van der Waals surface area (Å²) in [6, 6.07) is 9.59. The summed E-state index contributed by atoms with van der Waals surface area (Å²) in [5, 5.41) is 5.79. The van der Waals surface area contributed by atoms with Gasteiger partial charge in [0.05, 0.1) is 11.0 Å². The third kappa shape index (κ3) is 5.69. The lowest BCUT2D eigenvalue weighted by Crippen LogP contribution is -2.31. The SMILES string of the molecule is CCCNC(=O)C(C)SCc1nc(N)nc(Nc2ccccc2)n1. The Bertz CT molecular complexity index is 667. The smallest absolute Gasteiger partial charge is 0.232 e. The van der Waals surface area contributed by atoms with Crippen LogP contribution in [-0.2, 0) is 10.5 Å². The fourth-order valence-electron chi connectivity index (χ4n) is 1.88. The third-order valence-corrected chi connectivity index (χ3v) is 4.25. The second kappa shape index (κ2) is 9.07. The van der Waals surface area contributed by atoms with Crippen LogP contribution in [0.2, 0.25) is 0 Å². The zero-order chi connectivity index (χ0) is 17.4. The predicted octanol–water partition coefficient (Wildman–Crippen LogP) is 2.35. The maximum atomic E-state index is 11.9. The van der Waals surface area contributed by atoms with Gasteiger partial charge in [-0.15, -0.1) is 11.8 Å². The van der Waals surface area contributed by atoms with Crippen LogP contribution >= 0.6 is 11.8 Å². The zero-order valence-electron chi connectivity index (χ0n) is 13.8. The highest BCUT2D eigenvalue weighted by atomic mass is 32.2. The molecule has 0 saturated carbocycles. The Kier molecular flexibility index (Phi) is 6.80. The first-order chi connectivity index (χ1) is 11.6. The van der Waals surface area contributed by atoms with Crippen molar-refractivity contribution in [1.29, 1.82) is 0 Å². The Balaban J connectivity index is 1.97. The number of rotatable bonds is 8. The average molecular weight is 346 g/mol. The van der Waals surface area contributed by atoms with Gasteiger partial charge in [0, 0.05) is 12.2 Å². The number of anilines is 3. The maximum Gasteiger partial charge on any atom is 0.232 e. The van der Waals surface area contributed by atoms with E-state index in [2.05, 4.69) is 25.6 Å². The molecule has 1 amide bonds. The highest BCUT2D eigenvalue weighted by Crippen LogP contribution is 2.18. The number of thioether (sulfide) groups is 1. The van der Waals surface area contributed by atoms with E-state index in [1.165, 1.54) is 11.8 Å². The lowest BCUT2D eigenvalue weighted by molar-refractivity contribution is -0.120. The standard InChI is InChI=1S/C16H22N6OS/c1-3-9-18-14(23)11(2)24-10-13-20-15(17)22-16(21-13)19-12-7-5-4-6-8-12/h4-8,11H,3,9-10H2,1-2H3,(H,18,23)(H3,17,19,20,21,22). The molecule has 1 aromatic carbocycles. The molecule has 0 aliphatic rings. The molecule has 1 unspecified atom stereocenters. The second-order valence-corrected chi connectivity index (χ2v) is 6.50. The van der Waals surface area contributed by atoms with Gasteiger partial charge in [0.2, 0.25) is 17.8 Å². The lowest BCUT2D eigenvalue weighted by atomic mass is 10.3. The minimum Gasteiger partial charge on any atom is -0.368 e. The highest BCUT2D eigenvalue weighted by Gasteiger charge is 2.14. The minimum atomic E-state index is -0.180. The molecule has 1 atom stereocenters. The van der Waals surface area contributed by atoms with Crippen LogP contribution in [0.5, 0.6) is 0 Å². The van der Waals surface area contributed by atoms with Crippen molar-refractivity contribution >= 4 is 35.3 Å². The Labute approximate surface area is 145 Å². The highest BCUT2D eigenvalue weighted by molar-refractivity contribution is 7.99. The summed E-state index contributed by atoms with van der Waals surface area (Å²) in [4.78, 5) is 24.5. The van der Waals surface area contributed by atoms with Crippen molar-refractivity contribution in [2.75, 3.05) is 17.6 Å². The van der Waals surface area contributed by atoms with Gasteiger partial charge in [-0.3, -0.25) is 4.79 Å². The number of nitrogens with zero attached hydrogens (tertiary/aromatic N) is 3. The van der Waals surface area contributed by atoms with Crippen LogP contribution in [0, 0.1) is 0 Å². The molecule has 0 fully saturated rings. The zero-order valence-corrected chi connectivity index (χ0v) is 14.6. The Morgan fingerprint density at radius 3 is 2.71 bits per heavy atom. The van der Waals surface area contributed by atoms with Crippen molar-refractivity contribution in [3.05, 3.63) is 36.2 Å². The van der Waals surface area contributed by atoms with Crippen LogP contribution in [0.15, 0.2) is 30.3 Å². The Morgan fingerprint density at radius 1 is 1.25 bits per heavy atom. The van der Waals surface area contributed by atoms with Gasteiger partial charge >= 0.3 is 0 Å². The number of carbonyl (C=O) groups excluding carboxylic acids is 1. The van der Waals surface area contributed by atoms with Crippen molar-refractivity contribution in [3.8, 4) is 0 Å². The van der Waals surface area contributed by atoms with E-state index in [-0.39, 0.29) is 17.1 Å². The molecule has 2 aromatic rings. The molecule has 0 aliphatic heterocycles. The first-order valence-corrected chi connectivity index (χ1v) is 8.85. The molecule has 8 heteroatoms. The van der Waals surface area contributed by atoms with Gasteiger partial charge < -0.3 is 16.4 Å². The quantitative estimate of drug-likeness (QED) is 0.673. The fraction of sp³-hybridized carbons (Fsp3) is 0.375. The number of nitrogens with two attached hydrogens (primary N) is 1. The average Bonchev–Trinajstić information content (AvgIpc) is 2.58. The number of benzene rings is 1. The van der Waals surface area contributed by atoms with E-state index in [1.54, 1.807) is 0 Å². The number of nitrogen functional groups attached to an aromatic ring is 1. The molecular formula is C16H22N6OS. The number of carbonyl (C=O) groups is 1. The van der Waals surface area contributed by atoms with Crippen molar-refractivity contribution < 1.29 is 4.79 Å². The maximum absolute atomic E-state index is 11.9. The van der Waals surface area contributed by atoms with E-state index in [0.717, 1.165) is 12.1 Å². The summed E-state index contributed by atoms with van der Waals surface area (Å²) < 4.78 is 0. The van der Waals surface area contributed by atoms with E-state index in [1.807, 2.05) is 44.2 Å². The van der Waals surface area contributed by atoms with Crippen molar-refractivity contribution in [1.82, 2.24) is 20.3 Å². The van der Waals surface area contributed by atoms with Crippen molar-refractivity contribution in [2.24, 2.45) is 0 Å². The third-order valence-electron chi connectivity index (χ3n) is 3.11. The molecule has 0 bridgehead atoms. The first kappa shape index (κ1) is 18.0. The summed E-state index contributed by atoms with van der Waals surface area (Å²) in [6.07, 6.45) is 0.918. The van der Waals surface area contributed by atoms with Crippen LogP contribution < -0.4 is 16.4 Å². The molecule has 1 heterocycles. The summed E-state index contributed by atoms with van der Waals surface area (Å²) in [6.45, 7) is 4.57. The minimum absolute atomic E-state index is 0.0199. The number of nitrogens with one attached hydrogen (secondary N) is 2. The van der Waals surface area contributed by atoms with Gasteiger partial charge in [-0.25, -0.2) is 0 Å². The monoisotopic (exact) mass is 346 g/mol. The van der Waals surface area contributed by atoms with Gasteiger partial charge in [-0.05, 0) is 25.5 Å². The van der Waals surface area contributed by atoms with Crippen LogP contribution in [0.1, 0.15) is 26.1 Å². The molecule has 0 radical (unpaired) electrons. The molecule has 4 N–H and O–H groups in total. The molecular weight excluding hydrogens is 324 g/mol. The molecule has 128 valence electrons. The van der Waals surface area contributed by atoms with Gasteiger partial charge in [0.25, 0.3) is 0 Å². The molecule has 24 heavy (non-hydrogen) atoms. The topological polar surface area (TPSA) is 106 Å². The number of hydrogen-bond acceptors (Lipinski definition) is 7. The van der Waals surface area contributed by atoms with E-state index >= 15 is 0 Å². The molecule has 0 saturated heterocycles. The number of hydrogen-bond donors (Lipinski definition) is 3. The second-order valence-electron chi connectivity index (χ2n) is 5.17. The Morgan fingerprint density at radius 2 is 2.00 bits per heavy atom. The van der Waals surface area contributed by atoms with Gasteiger partial charge in [-0.1, -0.05) is 25.1 Å². The first-order valence-electron chi connectivity index (χ1n) is 7.80. The lowest BCUT2D eigenvalue weighted by Gasteiger charge is -2.11. The predicted molar refractivity (Wildman–Crippen MR) is 98.0 cm³/mol.